The molecule has 0 amide bonds. The summed E-state index contributed by atoms with van der Waals surface area (Å²) in [5, 5.41) is 3.38. The van der Waals surface area contributed by atoms with Crippen molar-refractivity contribution in [1.82, 2.24) is 19.7 Å². The maximum absolute atomic E-state index is 4.88. The zero-order valence-electron chi connectivity index (χ0n) is 11.7. The standard InChI is InChI=1S/C16H17N5/c1-2-4-13(5-3-1)14-12-21-11-8-18-15(21)16(19-14)20-9-6-17-7-10-20/h1-5,8,11-12,17H,6-7,9-10H2. The van der Waals surface area contributed by atoms with Gasteiger partial charge >= 0.3 is 0 Å². The van der Waals surface area contributed by atoms with Crippen molar-refractivity contribution in [3.05, 3.63) is 48.9 Å². The molecule has 0 unspecified atom stereocenters. The Labute approximate surface area is 123 Å². The normalized spacial score (nSPS) is 15.5. The third kappa shape index (κ3) is 2.25. The molecule has 3 heterocycles. The highest BCUT2D eigenvalue weighted by Gasteiger charge is 2.17. The molecule has 5 heteroatoms. The molecule has 0 atom stereocenters. The first kappa shape index (κ1) is 12.3. The number of imidazole rings is 1. The summed E-state index contributed by atoms with van der Waals surface area (Å²) < 4.78 is 2.06. The number of aromatic nitrogens is 3. The zero-order valence-corrected chi connectivity index (χ0v) is 11.7. The molecular formula is C16H17N5. The van der Waals surface area contributed by atoms with E-state index in [1.165, 1.54) is 0 Å². The number of hydrogen-bond acceptors (Lipinski definition) is 4. The SMILES string of the molecule is c1ccc(-c2cn3ccnc3c(N3CCNCC3)n2)cc1. The van der Waals surface area contributed by atoms with Crippen molar-refractivity contribution in [2.75, 3.05) is 31.1 Å². The molecule has 1 aliphatic rings. The number of hydrogen-bond donors (Lipinski definition) is 1. The van der Waals surface area contributed by atoms with E-state index in [0.29, 0.717) is 0 Å². The van der Waals surface area contributed by atoms with Crippen LogP contribution in [0, 0.1) is 0 Å². The summed E-state index contributed by atoms with van der Waals surface area (Å²) in [4.78, 5) is 11.7. The summed E-state index contributed by atoms with van der Waals surface area (Å²) in [6.07, 6.45) is 5.86. The monoisotopic (exact) mass is 279 g/mol. The molecule has 0 spiro atoms. The molecule has 3 aromatic rings. The van der Waals surface area contributed by atoms with E-state index in [-0.39, 0.29) is 0 Å². The van der Waals surface area contributed by atoms with E-state index < -0.39 is 0 Å². The van der Waals surface area contributed by atoms with Gasteiger partial charge in [0.1, 0.15) is 0 Å². The molecule has 0 radical (unpaired) electrons. The molecule has 1 fully saturated rings. The second-order valence-electron chi connectivity index (χ2n) is 5.21. The fraction of sp³-hybridized carbons (Fsp3) is 0.250. The van der Waals surface area contributed by atoms with Crippen LogP contribution >= 0.6 is 0 Å². The lowest BCUT2D eigenvalue weighted by Gasteiger charge is -2.28. The van der Waals surface area contributed by atoms with Gasteiger partial charge in [0.25, 0.3) is 0 Å². The van der Waals surface area contributed by atoms with Gasteiger partial charge in [-0.3, -0.25) is 0 Å². The molecule has 2 aromatic heterocycles. The number of rotatable bonds is 2. The van der Waals surface area contributed by atoms with Crippen LogP contribution in [0.15, 0.2) is 48.9 Å². The maximum Gasteiger partial charge on any atom is 0.180 e. The molecule has 4 rings (SSSR count). The summed E-state index contributed by atoms with van der Waals surface area (Å²) in [5.41, 5.74) is 3.04. The summed E-state index contributed by atoms with van der Waals surface area (Å²) in [6.45, 7) is 3.91. The molecule has 0 bridgehead atoms. The Hall–Kier alpha value is -2.40. The van der Waals surface area contributed by atoms with Crippen LogP contribution in [0.2, 0.25) is 0 Å². The Morgan fingerprint density at radius 1 is 1.05 bits per heavy atom. The van der Waals surface area contributed by atoms with Crippen LogP contribution in [0.5, 0.6) is 0 Å². The second kappa shape index (κ2) is 5.18. The third-order valence-corrected chi connectivity index (χ3v) is 3.84. The molecule has 5 nitrogen and oxygen atoms in total. The lowest BCUT2D eigenvalue weighted by atomic mass is 10.1. The van der Waals surface area contributed by atoms with Gasteiger partial charge in [0.2, 0.25) is 0 Å². The highest BCUT2D eigenvalue weighted by molar-refractivity contribution is 5.70. The number of benzene rings is 1. The molecule has 1 aromatic carbocycles. The van der Waals surface area contributed by atoms with Gasteiger partial charge in [-0.2, -0.15) is 0 Å². The zero-order chi connectivity index (χ0) is 14.1. The van der Waals surface area contributed by atoms with Gasteiger partial charge in [0.15, 0.2) is 11.5 Å². The first-order valence-electron chi connectivity index (χ1n) is 7.26. The topological polar surface area (TPSA) is 45.5 Å². The van der Waals surface area contributed by atoms with Gasteiger partial charge < -0.3 is 14.6 Å². The van der Waals surface area contributed by atoms with Crippen LogP contribution in [0.3, 0.4) is 0 Å². The first-order valence-corrected chi connectivity index (χ1v) is 7.26. The van der Waals surface area contributed by atoms with Crippen molar-refractivity contribution in [3.8, 4) is 11.3 Å². The Kier molecular flexibility index (Phi) is 3.05. The fourth-order valence-corrected chi connectivity index (χ4v) is 2.75. The molecule has 1 aliphatic heterocycles. The van der Waals surface area contributed by atoms with E-state index >= 15 is 0 Å². The first-order chi connectivity index (χ1) is 10.4. The average molecular weight is 279 g/mol. The van der Waals surface area contributed by atoms with Crippen LogP contribution in [0.1, 0.15) is 0 Å². The largest absolute Gasteiger partial charge is 0.351 e. The third-order valence-electron chi connectivity index (χ3n) is 3.84. The predicted molar refractivity (Wildman–Crippen MR) is 83.5 cm³/mol. The lowest BCUT2D eigenvalue weighted by molar-refractivity contribution is 0.585. The Morgan fingerprint density at radius 2 is 1.86 bits per heavy atom. The van der Waals surface area contributed by atoms with E-state index in [9.17, 15) is 0 Å². The van der Waals surface area contributed by atoms with Crippen molar-refractivity contribution in [2.45, 2.75) is 0 Å². The minimum Gasteiger partial charge on any atom is -0.351 e. The van der Waals surface area contributed by atoms with Crippen molar-refractivity contribution in [1.29, 1.82) is 0 Å². The van der Waals surface area contributed by atoms with E-state index in [0.717, 1.165) is 48.9 Å². The van der Waals surface area contributed by atoms with Crippen molar-refractivity contribution >= 4 is 11.5 Å². The number of nitrogens with one attached hydrogen (secondary N) is 1. The van der Waals surface area contributed by atoms with E-state index in [4.69, 9.17) is 4.98 Å². The summed E-state index contributed by atoms with van der Waals surface area (Å²) in [7, 11) is 0. The minimum atomic E-state index is 0.927. The lowest BCUT2D eigenvalue weighted by Crippen LogP contribution is -2.44. The van der Waals surface area contributed by atoms with Crippen molar-refractivity contribution < 1.29 is 0 Å². The van der Waals surface area contributed by atoms with Crippen molar-refractivity contribution in [2.24, 2.45) is 0 Å². The Morgan fingerprint density at radius 3 is 2.67 bits per heavy atom. The molecule has 21 heavy (non-hydrogen) atoms. The smallest absolute Gasteiger partial charge is 0.180 e. The number of piperazine rings is 1. The van der Waals surface area contributed by atoms with E-state index in [2.05, 4.69) is 31.7 Å². The highest BCUT2D eigenvalue weighted by Crippen LogP contribution is 2.24. The number of fused-ring (bicyclic) bond motifs is 1. The predicted octanol–water partition coefficient (Wildman–Crippen LogP) is 1.81. The molecule has 1 N–H and O–H groups in total. The summed E-state index contributed by atoms with van der Waals surface area (Å²) in [5.74, 6) is 0.975. The van der Waals surface area contributed by atoms with Crippen molar-refractivity contribution in [3.63, 3.8) is 0 Å². The molecule has 1 saturated heterocycles. The highest BCUT2D eigenvalue weighted by atomic mass is 15.3. The number of nitrogens with zero attached hydrogens (tertiary/aromatic N) is 4. The molecular weight excluding hydrogens is 262 g/mol. The maximum atomic E-state index is 4.88. The quantitative estimate of drug-likeness (QED) is 0.777. The van der Waals surface area contributed by atoms with Crippen LogP contribution in [-0.2, 0) is 0 Å². The molecule has 0 saturated carbocycles. The van der Waals surface area contributed by atoms with Gasteiger partial charge in [0.05, 0.1) is 5.69 Å². The Balaban J connectivity index is 1.86. The van der Waals surface area contributed by atoms with Crippen LogP contribution in [0.4, 0.5) is 5.82 Å². The van der Waals surface area contributed by atoms with Gasteiger partial charge in [-0.25, -0.2) is 9.97 Å². The van der Waals surface area contributed by atoms with Gasteiger partial charge in [-0.1, -0.05) is 30.3 Å². The molecule has 106 valence electrons. The summed E-state index contributed by atoms with van der Waals surface area (Å²) >= 11 is 0. The average Bonchev–Trinajstić information content (AvgIpc) is 3.04. The second-order valence-corrected chi connectivity index (χ2v) is 5.21. The van der Waals surface area contributed by atoms with Crippen LogP contribution in [-0.4, -0.2) is 40.5 Å². The van der Waals surface area contributed by atoms with Gasteiger partial charge in [-0.05, 0) is 0 Å². The van der Waals surface area contributed by atoms with E-state index in [1.54, 1.807) is 0 Å². The number of anilines is 1. The van der Waals surface area contributed by atoms with Gasteiger partial charge in [-0.15, -0.1) is 0 Å². The molecule has 0 aliphatic carbocycles. The minimum absolute atomic E-state index is 0.927. The van der Waals surface area contributed by atoms with E-state index in [1.807, 2.05) is 36.8 Å². The fourth-order valence-electron chi connectivity index (χ4n) is 2.75. The summed E-state index contributed by atoms with van der Waals surface area (Å²) in [6, 6.07) is 10.3. The van der Waals surface area contributed by atoms with Gasteiger partial charge in [0, 0.05) is 50.3 Å². The Bertz CT molecular complexity index is 744. The van der Waals surface area contributed by atoms with Crippen LogP contribution < -0.4 is 10.2 Å². The van der Waals surface area contributed by atoms with Crippen LogP contribution in [0.25, 0.3) is 16.9 Å².